The highest BCUT2D eigenvalue weighted by molar-refractivity contribution is 5.97. The van der Waals surface area contributed by atoms with E-state index in [0.717, 1.165) is 16.5 Å². The molecule has 0 bridgehead atoms. The van der Waals surface area contributed by atoms with Crippen LogP contribution in [0.1, 0.15) is 21.7 Å². The van der Waals surface area contributed by atoms with Gasteiger partial charge in [-0.3, -0.25) is 9.89 Å². The minimum Gasteiger partial charge on any atom is -0.485 e. The molecule has 0 saturated carbocycles. The topological polar surface area (TPSA) is 121 Å². The van der Waals surface area contributed by atoms with Crippen LogP contribution in [0.4, 0.5) is 0 Å². The first-order valence-corrected chi connectivity index (χ1v) is 7.93. The highest BCUT2D eigenvalue weighted by Crippen LogP contribution is 2.15. The molecule has 4 rings (SSSR count). The number of benzene rings is 2. The summed E-state index contributed by atoms with van der Waals surface area (Å²) < 4.78 is 5.61. The summed E-state index contributed by atoms with van der Waals surface area (Å²) >= 11 is 0. The van der Waals surface area contributed by atoms with E-state index in [-0.39, 0.29) is 12.5 Å². The summed E-state index contributed by atoms with van der Waals surface area (Å²) in [6.45, 7) is 0.607. The smallest absolute Gasteiger partial charge is 0.251 e. The summed E-state index contributed by atoms with van der Waals surface area (Å²) in [5.41, 5.74) is 2.33. The second-order valence-corrected chi connectivity index (χ2v) is 5.62. The first-order chi connectivity index (χ1) is 12.8. The Bertz CT molecular complexity index is 1030. The summed E-state index contributed by atoms with van der Waals surface area (Å²) in [7, 11) is 0. The molecule has 0 spiro atoms. The first-order valence-electron chi connectivity index (χ1n) is 7.93. The van der Waals surface area contributed by atoms with Gasteiger partial charge in [0.25, 0.3) is 5.91 Å². The molecule has 0 unspecified atom stereocenters. The lowest BCUT2D eigenvalue weighted by Crippen LogP contribution is -2.22. The van der Waals surface area contributed by atoms with Gasteiger partial charge in [-0.1, -0.05) is 23.4 Å². The Balaban J connectivity index is 1.37. The van der Waals surface area contributed by atoms with E-state index in [1.807, 2.05) is 30.3 Å². The minimum absolute atomic E-state index is 0.153. The molecular formula is C17H15N7O2. The van der Waals surface area contributed by atoms with Crippen molar-refractivity contribution in [1.82, 2.24) is 36.1 Å². The maximum atomic E-state index is 12.3. The van der Waals surface area contributed by atoms with Crippen LogP contribution in [0.3, 0.4) is 0 Å². The van der Waals surface area contributed by atoms with Gasteiger partial charge in [0.05, 0.1) is 11.7 Å². The molecule has 9 nitrogen and oxygen atoms in total. The second-order valence-electron chi connectivity index (χ2n) is 5.62. The molecule has 0 atom stereocenters. The number of nitrogens with one attached hydrogen (secondary N) is 3. The summed E-state index contributed by atoms with van der Waals surface area (Å²) in [5, 5.41) is 24.2. The number of hydrogen-bond donors (Lipinski definition) is 3. The number of nitrogens with zero attached hydrogens (tertiary/aromatic N) is 4. The van der Waals surface area contributed by atoms with Gasteiger partial charge in [0.15, 0.2) is 6.61 Å². The van der Waals surface area contributed by atoms with Crippen molar-refractivity contribution in [1.29, 1.82) is 0 Å². The Kier molecular flexibility index (Phi) is 4.25. The van der Waals surface area contributed by atoms with Crippen molar-refractivity contribution in [2.75, 3.05) is 0 Å². The van der Waals surface area contributed by atoms with Crippen LogP contribution in [0.15, 0.2) is 48.7 Å². The van der Waals surface area contributed by atoms with E-state index in [4.69, 9.17) is 4.74 Å². The number of aromatic nitrogens is 6. The molecule has 1 amide bonds. The van der Waals surface area contributed by atoms with E-state index in [1.165, 1.54) is 0 Å². The molecule has 0 fully saturated rings. The Morgan fingerprint density at radius 3 is 3.04 bits per heavy atom. The first kappa shape index (κ1) is 15.8. The van der Waals surface area contributed by atoms with Gasteiger partial charge in [-0.15, -0.1) is 10.2 Å². The molecule has 2 heterocycles. The van der Waals surface area contributed by atoms with Gasteiger partial charge in [0.1, 0.15) is 5.75 Å². The van der Waals surface area contributed by atoms with Crippen LogP contribution in [0, 0.1) is 0 Å². The maximum absolute atomic E-state index is 12.3. The van der Waals surface area contributed by atoms with E-state index >= 15 is 0 Å². The third kappa shape index (κ3) is 3.51. The third-order valence-corrected chi connectivity index (χ3v) is 3.81. The lowest BCUT2D eigenvalue weighted by Gasteiger charge is -2.08. The standard InChI is InChI=1S/C17H15N7O2/c25-17(12-4-5-13-9-19-20-15(13)7-12)18-8-11-2-1-3-14(6-11)26-10-16-21-23-24-22-16/h1-7,9H,8,10H2,(H,18,25)(H,19,20)(H,21,22,23,24). The van der Waals surface area contributed by atoms with Crippen molar-refractivity contribution in [2.24, 2.45) is 0 Å². The molecule has 2 aromatic carbocycles. The third-order valence-electron chi connectivity index (χ3n) is 3.81. The number of carbonyl (C=O) groups is 1. The van der Waals surface area contributed by atoms with Crippen LogP contribution in [0.2, 0.25) is 0 Å². The van der Waals surface area contributed by atoms with Crippen LogP contribution in [0.25, 0.3) is 10.9 Å². The number of fused-ring (bicyclic) bond motifs is 1. The van der Waals surface area contributed by atoms with Gasteiger partial charge in [-0.25, -0.2) is 0 Å². The number of rotatable bonds is 6. The zero-order valence-corrected chi connectivity index (χ0v) is 13.6. The predicted octanol–water partition coefficient (Wildman–Crippen LogP) is 1.58. The normalized spacial score (nSPS) is 10.8. The molecular weight excluding hydrogens is 334 g/mol. The van der Waals surface area contributed by atoms with Crippen molar-refractivity contribution < 1.29 is 9.53 Å². The van der Waals surface area contributed by atoms with E-state index in [9.17, 15) is 4.79 Å². The van der Waals surface area contributed by atoms with Crippen molar-refractivity contribution in [3.05, 3.63) is 65.6 Å². The van der Waals surface area contributed by atoms with E-state index < -0.39 is 0 Å². The number of hydrogen-bond acceptors (Lipinski definition) is 6. The second kappa shape index (κ2) is 7.01. The monoisotopic (exact) mass is 349 g/mol. The number of ether oxygens (including phenoxy) is 1. The van der Waals surface area contributed by atoms with Gasteiger partial charge >= 0.3 is 0 Å². The van der Waals surface area contributed by atoms with Gasteiger partial charge in [-0.05, 0) is 29.8 Å². The Morgan fingerprint density at radius 1 is 1.19 bits per heavy atom. The van der Waals surface area contributed by atoms with Gasteiger partial charge in [0, 0.05) is 17.5 Å². The zero-order valence-electron chi connectivity index (χ0n) is 13.6. The fourth-order valence-corrected chi connectivity index (χ4v) is 2.50. The number of H-pyrrole nitrogens is 2. The van der Waals surface area contributed by atoms with Crippen LogP contribution >= 0.6 is 0 Å². The highest BCUT2D eigenvalue weighted by atomic mass is 16.5. The number of amides is 1. The fraction of sp³-hybridized carbons (Fsp3) is 0.118. The number of tetrazole rings is 1. The molecule has 0 radical (unpaired) electrons. The maximum Gasteiger partial charge on any atom is 0.251 e. The molecule has 0 saturated heterocycles. The van der Waals surface area contributed by atoms with Crippen molar-refractivity contribution in [3.63, 3.8) is 0 Å². The van der Waals surface area contributed by atoms with E-state index in [1.54, 1.807) is 18.3 Å². The Labute approximate surface area is 147 Å². The zero-order chi connectivity index (χ0) is 17.8. The van der Waals surface area contributed by atoms with Gasteiger partial charge < -0.3 is 10.1 Å². The summed E-state index contributed by atoms with van der Waals surface area (Å²) in [4.78, 5) is 12.3. The van der Waals surface area contributed by atoms with Crippen molar-refractivity contribution in [3.8, 4) is 5.75 Å². The average molecular weight is 349 g/mol. The minimum atomic E-state index is -0.153. The molecule has 2 aromatic heterocycles. The summed E-state index contributed by atoms with van der Waals surface area (Å²) in [6, 6.07) is 12.9. The Morgan fingerprint density at radius 2 is 2.15 bits per heavy atom. The molecule has 0 aliphatic heterocycles. The van der Waals surface area contributed by atoms with Crippen LogP contribution in [0.5, 0.6) is 5.75 Å². The molecule has 0 aliphatic rings. The van der Waals surface area contributed by atoms with Crippen LogP contribution in [-0.4, -0.2) is 36.7 Å². The molecule has 0 aliphatic carbocycles. The lowest BCUT2D eigenvalue weighted by atomic mass is 10.1. The average Bonchev–Trinajstić information content (AvgIpc) is 3.35. The molecule has 3 N–H and O–H groups in total. The SMILES string of the molecule is O=C(NCc1cccc(OCc2nn[nH]n2)c1)c1ccc2cn[nH]c2c1. The van der Waals surface area contributed by atoms with Gasteiger partial charge in [-0.2, -0.15) is 10.3 Å². The number of carbonyl (C=O) groups excluding carboxylic acids is 1. The van der Waals surface area contributed by atoms with E-state index in [2.05, 4.69) is 36.1 Å². The predicted molar refractivity (Wildman–Crippen MR) is 92.2 cm³/mol. The molecule has 26 heavy (non-hydrogen) atoms. The summed E-state index contributed by atoms with van der Waals surface area (Å²) in [6.07, 6.45) is 1.72. The van der Waals surface area contributed by atoms with Crippen molar-refractivity contribution in [2.45, 2.75) is 13.2 Å². The Hall–Kier alpha value is -3.75. The molecule has 4 aromatic rings. The number of aromatic amines is 2. The van der Waals surface area contributed by atoms with Gasteiger partial charge in [0.2, 0.25) is 5.82 Å². The fourth-order valence-electron chi connectivity index (χ4n) is 2.50. The molecule has 9 heteroatoms. The van der Waals surface area contributed by atoms with Crippen molar-refractivity contribution >= 4 is 16.8 Å². The van der Waals surface area contributed by atoms with Crippen LogP contribution < -0.4 is 10.1 Å². The summed E-state index contributed by atoms with van der Waals surface area (Å²) in [5.74, 6) is 0.984. The molecule has 130 valence electrons. The van der Waals surface area contributed by atoms with E-state index in [0.29, 0.717) is 23.7 Å². The largest absolute Gasteiger partial charge is 0.485 e. The highest BCUT2D eigenvalue weighted by Gasteiger charge is 2.08. The van der Waals surface area contributed by atoms with Crippen LogP contribution in [-0.2, 0) is 13.2 Å². The quantitative estimate of drug-likeness (QED) is 0.486. The lowest BCUT2D eigenvalue weighted by molar-refractivity contribution is 0.0951.